The number of nitrogens with one attached hydrogen (secondary N) is 1. The van der Waals surface area contributed by atoms with Crippen molar-refractivity contribution < 1.29 is 32.2 Å². The van der Waals surface area contributed by atoms with Crippen LogP contribution in [-0.2, 0) is 17.5 Å². The van der Waals surface area contributed by atoms with Crippen molar-refractivity contribution in [1.29, 1.82) is 0 Å². The van der Waals surface area contributed by atoms with Crippen LogP contribution in [0.15, 0.2) is 53.7 Å². The van der Waals surface area contributed by atoms with Gasteiger partial charge in [0.25, 0.3) is 5.56 Å². The summed E-state index contributed by atoms with van der Waals surface area (Å²) in [6.45, 7) is 0.917. The fourth-order valence-corrected chi connectivity index (χ4v) is 3.70. The van der Waals surface area contributed by atoms with E-state index in [-0.39, 0.29) is 52.3 Å². The Morgan fingerprint density at radius 1 is 1.23 bits per heavy atom. The molecular weight excluding hydrogens is 548 g/mol. The van der Waals surface area contributed by atoms with Gasteiger partial charge in [0.2, 0.25) is 5.95 Å². The molecule has 2 N–H and O–H groups in total. The van der Waals surface area contributed by atoms with Crippen LogP contribution in [0, 0.1) is 5.82 Å². The number of aliphatic hydroxyl groups excluding tert-OH is 1. The summed E-state index contributed by atoms with van der Waals surface area (Å²) in [7, 11) is 0. The van der Waals surface area contributed by atoms with Gasteiger partial charge >= 0.3 is 12.1 Å². The Labute approximate surface area is 222 Å². The molecular formula is C24H19ClF4N6O4. The van der Waals surface area contributed by atoms with Crippen molar-refractivity contribution in [2.24, 2.45) is 0 Å². The first kappa shape index (κ1) is 27.7. The first-order chi connectivity index (χ1) is 18.5. The van der Waals surface area contributed by atoms with Gasteiger partial charge in [0.1, 0.15) is 11.4 Å². The molecule has 3 heterocycles. The SMILES string of the molecule is CCOC(=O)c1cc(-c2cnc(Nc3ccc(F)c(Cl)c3)nc2-n2ccc(C(F)(F)F)n2)cn(CCO)c1=O. The zero-order valence-corrected chi connectivity index (χ0v) is 20.8. The summed E-state index contributed by atoms with van der Waals surface area (Å²) in [6.07, 6.45) is -1.17. The monoisotopic (exact) mass is 566 g/mol. The van der Waals surface area contributed by atoms with Crippen LogP contribution in [0.25, 0.3) is 16.9 Å². The lowest BCUT2D eigenvalue weighted by Gasteiger charge is -2.14. The summed E-state index contributed by atoms with van der Waals surface area (Å²) in [5, 5.41) is 15.6. The standard InChI is InChI=1S/C24H19ClF4N6O4/c1-2-39-22(38)15-9-13(12-34(7-8-36)21(15)37)16-11-30-23(31-14-3-4-18(26)17(25)10-14)32-20(16)35-6-5-19(33-35)24(27,28)29/h3-6,9-12,36H,2,7-8H2,1H3,(H,30,31,32). The summed E-state index contributed by atoms with van der Waals surface area (Å²) in [5.41, 5.74) is -1.76. The topological polar surface area (TPSA) is 124 Å². The first-order valence-corrected chi connectivity index (χ1v) is 11.6. The van der Waals surface area contributed by atoms with Crippen LogP contribution < -0.4 is 10.9 Å². The van der Waals surface area contributed by atoms with Gasteiger partial charge in [-0.1, -0.05) is 11.6 Å². The van der Waals surface area contributed by atoms with E-state index >= 15 is 0 Å². The molecule has 0 bridgehead atoms. The Hall–Kier alpha value is -4.30. The highest BCUT2D eigenvalue weighted by atomic mass is 35.5. The van der Waals surface area contributed by atoms with Gasteiger partial charge in [-0.2, -0.15) is 23.3 Å². The number of rotatable bonds is 8. The maximum atomic E-state index is 13.5. The van der Waals surface area contributed by atoms with Crippen LogP contribution in [0.3, 0.4) is 0 Å². The van der Waals surface area contributed by atoms with Crippen LogP contribution in [0.2, 0.25) is 5.02 Å². The smallest absolute Gasteiger partial charge is 0.435 e. The third-order valence-electron chi connectivity index (χ3n) is 5.27. The number of benzene rings is 1. The van der Waals surface area contributed by atoms with Crippen LogP contribution in [0.1, 0.15) is 23.0 Å². The van der Waals surface area contributed by atoms with E-state index in [4.69, 9.17) is 16.3 Å². The number of alkyl halides is 3. The molecule has 0 fully saturated rings. The van der Waals surface area contributed by atoms with E-state index in [0.717, 1.165) is 27.6 Å². The molecule has 0 aliphatic rings. The summed E-state index contributed by atoms with van der Waals surface area (Å²) in [5.74, 6) is -1.84. The molecule has 4 rings (SSSR count). The quantitative estimate of drug-likeness (QED) is 0.240. The van der Waals surface area contributed by atoms with Crippen molar-refractivity contribution in [3.05, 3.63) is 81.4 Å². The van der Waals surface area contributed by atoms with Crippen LogP contribution in [-0.4, -0.2) is 48.6 Å². The molecule has 0 radical (unpaired) electrons. The van der Waals surface area contributed by atoms with Crippen LogP contribution in [0.4, 0.5) is 29.2 Å². The Bertz CT molecular complexity index is 1590. The van der Waals surface area contributed by atoms with Gasteiger partial charge in [0, 0.05) is 41.9 Å². The van der Waals surface area contributed by atoms with Crippen molar-refractivity contribution >= 4 is 29.2 Å². The molecule has 39 heavy (non-hydrogen) atoms. The zero-order chi connectivity index (χ0) is 28.3. The molecule has 0 spiro atoms. The van der Waals surface area contributed by atoms with Crippen molar-refractivity contribution in [1.82, 2.24) is 24.3 Å². The highest BCUT2D eigenvalue weighted by molar-refractivity contribution is 6.31. The molecule has 1 aromatic carbocycles. The van der Waals surface area contributed by atoms with Crippen molar-refractivity contribution in [2.45, 2.75) is 19.6 Å². The molecule has 0 saturated carbocycles. The normalized spacial score (nSPS) is 11.5. The Kier molecular flexibility index (Phi) is 7.97. The predicted octanol–water partition coefficient (Wildman–Crippen LogP) is 4.21. The molecule has 0 saturated heterocycles. The van der Waals surface area contributed by atoms with Crippen LogP contribution in [0.5, 0.6) is 0 Å². The van der Waals surface area contributed by atoms with Gasteiger partial charge in [-0.15, -0.1) is 0 Å². The zero-order valence-electron chi connectivity index (χ0n) is 20.0. The minimum absolute atomic E-state index is 0.0157. The largest absolute Gasteiger partial charge is 0.462 e. The van der Waals surface area contributed by atoms with E-state index < -0.39 is 35.8 Å². The number of halogens is 5. The number of carbonyl (C=O) groups excluding carboxylic acids is 1. The average molecular weight is 567 g/mol. The predicted molar refractivity (Wildman–Crippen MR) is 132 cm³/mol. The lowest BCUT2D eigenvalue weighted by molar-refractivity contribution is -0.141. The van der Waals surface area contributed by atoms with Gasteiger partial charge in [-0.3, -0.25) is 4.79 Å². The van der Waals surface area contributed by atoms with Crippen LogP contribution >= 0.6 is 11.6 Å². The summed E-state index contributed by atoms with van der Waals surface area (Å²) in [6, 6.07) is 5.65. The molecule has 0 aliphatic heterocycles. The number of carbonyl (C=O) groups is 1. The molecule has 0 unspecified atom stereocenters. The number of esters is 1. The third kappa shape index (κ3) is 6.07. The second-order valence-electron chi connectivity index (χ2n) is 7.91. The number of anilines is 2. The lowest BCUT2D eigenvalue weighted by Crippen LogP contribution is -2.28. The Morgan fingerprint density at radius 2 is 2.00 bits per heavy atom. The second kappa shape index (κ2) is 11.2. The maximum absolute atomic E-state index is 13.5. The highest BCUT2D eigenvalue weighted by Crippen LogP contribution is 2.31. The number of hydrogen-bond donors (Lipinski definition) is 2. The van der Waals surface area contributed by atoms with E-state index in [2.05, 4.69) is 20.4 Å². The molecule has 10 nitrogen and oxygen atoms in total. The molecule has 4 aromatic rings. The number of nitrogens with zero attached hydrogens (tertiary/aromatic N) is 5. The summed E-state index contributed by atoms with van der Waals surface area (Å²) in [4.78, 5) is 33.7. The van der Waals surface area contributed by atoms with Crippen molar-refractivity contribution in [3.63, 3.8) is 0 Å². The third-order valence-corrected chi connectivity index (χ3v) is 5.56. The van der Waals surface area contributed by atoms with E-state index in [9.17, 15) is 32.3 Å². The van der Waals surface area contributed by atoms with Gasteiger partial charge in [-0.25, -0.2) is 18.9 Å². The molecule has 0 amide bonds. The average Bonchev–Trinajstić information content (AvgIpc) is 3.39. The van der Waals surface area contributed by atoms with Crippen molar-refractivity contribution in [3.8, 4) is 16.9 Å². The summed E-state index contributed by atoms with van der Waals surface area (Å²) < 4.78 is 60.3. The molecule has 0 atom stereocenters. The molecule has 3 aromatic heterocycles. The number of aromatic nitrogens is 5. The Balaban J connectivity index is 1.90. The minimum Gasteiger partial charge on any atom is -0.462 e. The minimum atomic E-state index is -4.74. The van der Waals surface area contributed by atoms with Gasteiger partial charge < -0.3 is 19.7 Å². The maximum Gasteiger partial charge on any atom is 0.435 e. The number of pyridine rings is 1. The van der Waals surface area contributed by atoms with E-state index in [0.29, 0.717) is 0 Å². The second-order valence-corrected chi connectivity index (χ2v) is 8.32. The number of aliphatic hydroxyl groups is 1. The van der Waals surface area contributed by atoms with Gasteiger partial charge in [0.15, 0.2) is 11.5 Å². The number of hydrogen-bond acceptors (Lipinski definition) is 8. The first-order valence-electron chi connectivity index (χ1n) is 11.3. The van der Waals surface area contributed by atoms with Gasteiger partial charge in [0.05, 0.1) is 18.2 Å². The molecule has 15 heteroatoms. The fourth-order valence-electron chi connectivity index (χ4n) is 3.52. The van der Waals surface area contributed by atoms with Gasteiger partial charge in [-0.05, 0) is 37.3 Å². The highest BCUT2D eigenvalue weighted by Gasteiger charge is 2.34. The van der Waals surface area contributed by atoms with E-state index in [1.165, 1.54) is 30.6 Å². The van der Waals surface area contributed by atoms with E-state index in [1.54, 1.807) is 6.92 Å². The molecule has 0 aliphatic carbocycles. The van der Waals surface area contributed by atoms with Crippen molar-refractivity contribution in [2.75, 3.05) is 18.5 Å². The molecule has 204 valence electrons. The summed E-state index contributed by atoms with van der Waals surface area (Å²) >= 11 is 5.81. The lowest BCUT2D eigenvalue weighted by atomic mass is 10.1. The number of ether oxygens (including phenoxy) is 1. The Morgan fingerprint density at radius 3 is 2.64 bits per heavy atom. The fraction of sp³-hybridized carbons (Fsp3) is 0.208. The van der Waals surface area contributed by atoms with E-state index in [1.807, 2.05) is 0 Å².